The lowest BCUT2D eigenvalue weighted by Crippen LogP contribution is -2.28. The van der Waals surface area contributed by atoms with Crippen LogP contribution in [0.1, 0.15) is 49.4 Å². The number of hydrogen-bond acceptors (Lipinski definition) is 4. The molecule has 0 spiro atoms. The number of pyridine rings is 1. The summed E-state index contributed by atoms with van der Waals surface area (Å²) in [7, 11) is 0. The smallest absolute Gasteiger partial charge is 0.136 e. The molecule has 0 aromatic carbocycles. The van der Waals surface area contributed by atoms with Crippen molar-refractivity contribution in [3.05, 3.63) is 22.9 Å². The molecule has 114 valence electrons. The van der Waals surface area contributed by atoms with Gasteiger partial charge in [0.15, 0.2) is 0 Å². The van der Waals surface area contributed by atoms with Gasteiger partial charge in [-0.2, -0.15) is 11.8 Å². The summed E-state index contributed by atoms with van der Waals surface area (Å²) in [6.45, 7) is 2.23. The van der Waals surface area contributed by atoms with E-state index in [9.17, 15) is 0 Å². The second-order valence-corrected chi connectivity index (χ2v) is 7.84. The van der Waals surface area contributed by atoms with Gasteiger partial charge in [-0.05, 0) is 49.5 Å². The number of rotatable bonds is 5. The highest BCUT2D eigenvalue weighted by atomic mass is 32.2. The number of thioether (sulfide) groups is 1. The van der Waals surface area contributed by atoms with E-state index in [-0.39, 0.29) is 0 Å². The van der Waals surface area contributed by atoms with Crippen molar-refractivity contribution in [3.63, 3.8) is 0 Å². The molecular formula is C16H23N3S2. The number of aryl methyl sites for hydroxylation is 2. The van der Waals surface area contributed by atoms with Crippen LogP contribution in [0.25, 0.3) is 0 Å². The third kappa shape index (κ3) is 3.19. The van der Waals surface area contributed by atoms with Crippen LogP contribution in [0.5, 0.6) is 0 Å². The first kappa shape index (κ1) is 15.1. The average molecular weight is 322 g/mol. The van der Waals surface area contributed by atoms with Crippen LogP contribution in [0.2, 0.25) is 0 Å². The Morgan fingerprint density at radius 3 is 3.05 bits per heavy atom. The number of thiocarbonyl (C=S) groups is 1. The second-order valence-electron chi connectivity index (χ2n) is 5.88. The maximum atomic E-state index is 5.92. The van der Waals surface area contributed by atoms with Crippen molar-refractivity contribution in [1.82, 2.24) is 4.98 Å². The van der Waals surface area contributed by atoms with Crippen molar-refractivity contribution in [1.29, 1.82) is 0 Å². The Morgan fingerprint density at radius 1 is 1.43 bits per heavy atom. The van der Waals surface area contributed by atoms with Crippen LogP contribution in [0.15, 0.2) is 6.07 Å². The normalized spacial score (nSPS) is 24.0. The fourth-order valence-electron chi connectivity index (χ4n) is 3.45. The number of anilines is 1. The molecule has 1 aromatic heterocycles. The molecule has 1 aromatic rings. The van der Waals surface area contributed by atoms with E-state index in [1.807, 2.05) is 0 Å². The molecule has 2 unspecified atom stereocenters. The third-order valence-corrected chi connectivity index (χ3v) is 6.02. The molecule has 3 N–H and O–H groups in total. The Labute approximate surface area is 136 Å². The van der Waals surface area contributed by atoms with Gasteiger partial charge >= 0.3 is 0 Å². The molecule has 1 saturated carbocycles. The Morgan fingerprint density at radius 2 is 2.29 bits per heavy atom. The molecule has 0 saturated heterocycles. The van der Waals surface area contributed by atoms with Crippen molar-refractivity contribution in [3.8, 4) is 0 Å². The van der Waals surface area contributed by atoms with Crippen LogP contribution in [0.3, 0.4) is 0 Å². The van der Waals surface area contributed by atoms with E-state index >= 15 is 0 Å². The molecule has 5 heteroatoms. The molecule has 2 aliphatic carbocycles. The van der Waals surface area contributed by atoms with Crippen molar-refractivity contribution >= 4 is 34.8 Å². The van der Waals surface area contributed by atoms with Crippen molar-refractivity contribution in [2.45, 2.75) is 56.7 Å². The summed E-state index contributed by atoms with van der Waals surface area (Å²) >= 11 is 7.29. The van der Waals surface area contributed by atoms with Crippen LogP contribution in [-0.4, -0.2) is 27.0 Å². The van der Waals surface area contributed by atoms with Gasteiger partial charge in [0.1, 0.15) is 10.8 Å². The molecule has 1 fully saturated rings. The van der Waals surface area contributed by atoms with E-state index in [2.05, 4.69) is 30.1 Å². The van der Waals surface area contributed by atoms with Crippen molar-refractivity contribution < 1.29 is 0 Å². The number of nitrogens with one attached hydrogen (secondary N) is 1. The van der Waals surface area contributed by atoms with Gasteiger partial charge in [-0.25, -0.2) is 4.98 Å². The predicted molar refractivity (Wildman–Crippen MR) is 95.3 cm³/mol. The number of nitrogens with zero attached hydrogens (tertiary/aromatic N) is 1. The summed E-state index contributed by atoms with van der Waals surface area (Å²) < 4.78 is 0. The summed E-state index contributed by atoms with van der Waals surface area (Å²) in [6.07, 6.45) is 7.19. The molecule has 2 aliphatic rings. The Hall–Kier alpha value is -0.810. The van der Waals surface area contributed by atoms with Gasteiger partial charge in [0, 0.05) is 17.0 Å². The fraction of sp³-hybridized carbons (Fsp3) is 0.625. The average Bonchev–Trinajstić information content (AvgIpc) is 3.07. The van der Waals surface area contributed by atoms with E-state index in [1.54, 1.807) is 0 Å². The Balaban J connectivity index is 1.85. The topological polar surface area (TPSA) is 50.9 Å². The van der Waals surface area contributed by atoms with Gasteiger partial charge in [-0.1, -0.05) is 25.6 Å². The number of hydrogen-bond donors (Lipinski definition) is 2. The van der Waals surface area contributed by atoms with Crippen LogP contribution < -0.4 is 11.1 Å². The van der Waals surface area contributed by atoms with Crippen LogP contribution in [0, 0.1) is 0 Å². The van der Waals surface area contributed by atoms with E-state index < -0.39 is 0 Å². The summed E-state index contributed by atoms with van der Waals surface area (Å²) in [5, 5.41) is 4.34. The van der Waals surface area contributed by atoms with E-state index in [0.717, 1.165) is 24.2 Å². The number of aromatic nitrogens is 1. The Bertz CT molecular complexity index is 545. The molecule has 1 heterocycles. The van der Waals surface area contributed by atoms with E-state index in [4.69, 9.17) is 22.9 Å². The molecule has 3 rings (SSSR count). The minimum absolute atomic E-state index is 0.456. The van der Waals surface area contributed by atoms with Gasteiger partial charge in [-0.3, -0.25) is 0 Å². The molecule has 0 amide bonds. The molecule has 0 bridgehead atoms. The fourth-order valence-corrected chi connectivity index (χ4v) is 4.80. The van der Waals surface area contributed by atoms with Crippen LogP contribution >= 0.6 is 24.0 Å². The predicted octanol–water partition coefficient (Wildman–Crippen LogP) is 3.29. The lowest BCUT2D eigenvalue weighted by atomic mass is 10.1. The second kappa shape index (κ2) is 6.53. The molecule has 3 nitrogen and oxygen atoms in total. The first-order valence-electron chi connectivity index (χ1n) is 7.89. The lowest BCUT2D eigenvalue weighted by molar-refractivity contribution is 0.760. The standard InChI is InChI=1S/C16H23N3S2/c1-2-21-14-8-4-7-13(14)19-16-11(15(17)20)9-10-5-3-6-12(10)18-16/h9,13-14H,2-8H2,1H3,(H2,17,20)(H,18,19). The quantitative estimate of drug-likeness (QED) is 0.815. The maximum Gasteiger partial charge on any atom is 0.136 e. The zero-order chi connectivity index (χ0) is 14.8. The van der Waals surface area contributed by atoms with Gasteiger partial charge in [0.2, 0.25) is 0 Å². The largest absolute Gasteiger partial charge is 0.389 e. The third-order valence-electron chi connectivity index (χ3n) is 4.47. The first-order chi connectivity index (χ1) is 10.2. The molecule has 2 atom stereocenters. The highest BCUT2D eigenvalue weighted by Crippen LogP contribution is 2.33. The first-order valence-corrected chi connectivity index (χ1v) is 9.35. The lowest BCUT2D eigenvalue weighted by Gasteiger charge is -2.22. The number of nitrogens with two attached hydrogens (primary N) is 1. The SMILES string of the molecule is CCSC1CCCC1Nc1nc2c(cc1C(N)=S)CCC2. The van der Waals surface area contributed by atoms with Crippen molar-refractivity contribution in [2.75, 3.05) is 11.1 Å². The van der Waals surface area contributed by atoms with E-state index in [1.165, 1.54) is 42.7 Å². The summed E-state index contributed by atoms with van der Waals surface area (Å²) in [5.74, 6) is 2.08. The number of fused-ring (bicyclic) bond motifs is 1. The highest BCUT2D eigenvalue weighted by molar-refractivity contribution is 7.99. The summed E-state index contributed by atoms with van der Waals surface area (Å²) in [6, 6.07) is 2.66. The van der Waals surface area contributed by atoms with Crippen LogP contribution in [0.4, 0.5) is 5.82 Å². The molecule has 21 heavy (non-hydrogen) atoms. The van der Waals surface area contributed by atoms with Crippen molar-refractivity contribution in [2.24, 2.45) is 5.73 Å². The van der Waals surface area contributed by atoms with Gasteiger partial charge in [0.25, 0.3) is 0 Å². The zero-order valence-corrected chi connectivity index (χ0v) is 14.2. The minimum atomic E-state index is 0.456. The summed E-state index contributed by atoms with van der Waals surface area (Å²) in [5.41, 5.74) is 9.41. The van der Waals surface area contributed by atoms with Gasteiger partial charge < -0.3 is 11.1 Å². The van der Waals surface area contributed by atoms with Crippen LogP contribution in [-0.2, 0) is 12.8 Å². The monoisotopic (exact) mass is 321 g/mol. The highest BCUT2D eigenvalue weighted by Gasteiger charge is 2.28. The maximum absolute atomic E-state index is 5.92. The zero-order valence-electron chi connectivity index (χ0n) is 12.5. The van der Waals surface area contributed by atoms with E-state index in [0.29, 0.717) is 16.3 Å². The van der Waals surface area contributed by atoms with Gasteiger partial charge in [0.05, 0.1) is 5.56 Å². The molecular weight excluding hydrogens is 298 g/mol. The van der Waals surface area contributed by atoms with Gasteiger partial charge in [-0.15, -0.1) is 0 Å². The Kier molecular flexibility index (Phi) is 4.69. The minimum Gasteiger partial charge on any atom is -0.389 e. The molecule has 0 aliphatic heterocycles. The molecule has 0 radical (unpaired) electrons. The summed E-state index contributed by atoms with van der Waals surface area (Å²) in [4.78, 5) is 5.30.